The Bertz CT molecular complexity index is 1090. The van der Waals surface area contributed by atoms with E-state index in [1.807, 2.05) is 40.8 Å². The van der Waals surface area contributed by atoms with Crippen molar-refractivity contribution >= 4 is 22.9 Å². The first kappa shape index (κ1) is 21.5. The number of ether oxygens (including phenoxy) is 1. The van der Waals surface area contributed by atoms with Gasteiger partial charge in [0.2, 0.25) is 0 Å². The van der Waals surface area contributed by atoms with Gasteiger partial charge in [0.15, 0.2) is 0 Å². The number of hydrazine groups is 1. The van der Waals surface area contributed by atoms with Crippen molar-refractivity contribution in [3.8, 4) is 0 Å². The van der Waals surface area contributed by atoms with Crippen LogP contribution in [0.15, 0.2) is 42.6 Å². The second-order valence-corrected chi connectivity index (χ2v) is 9.74. The van der Waals surface area contributed by atoms with Crippen molar-refractivity contribution in [3.63, 3.8) is 0 Å². The molecule has 2 aromatic rings. The van der Waals surface area contributed by atoms with Crippen LogP contribution in [0.25, 0.3) is 11.1 Å². The molecule has 9 heteroatoms. The van der Waals surface area contributed by atoms with Crippen molar-refractivity contribution in [2.45, 2.75) is 38.8 Å². The average molecular weight is 452 g/mol. The number of nitrogens with one attached hydrogen (secondary N) is 2. The van der Waals surface area contributed by atoms with Gasteiger partial charge in [-0.05, 0) is 37.0 Å². The van der Waals surface area contributed by atoms with Crippen molar-refractivity contribution in [2.24, 2.45) is 5.92 Å². The van der Waals surface area contributed by atoms with E-state index >= 15 is 0 Å². The number of carbonyl (C=O) groups excluding carboxylic acids is 1. The number of fused-ring (bicyclic) bond motifs is 3. The zero-order valence-electron chi connectivity index (χ0n) is 19.8. The monoisotopic (exact) mass is 451 g/mol. The number of anilines is 1. The number of hydrogen-bond donors (Lipinski definition) is 2. The normalized spacial score (nSPS) is 22.1. The minimum Gasteiger partial charge on any atom is -0.449 e. The highest BCUT2D eigenvalue weighted by Gasteiger charge is 2.43. The van der Waals surface area contributed by atoms with Gasteiger partial charge in [0.25, 0.3) is 0 Å². The molecule has 2 fully saturated rings. The number of hydrogen-bond acceptors (Lipinski definition) is 7. The first-order valence-corrected chi connectivity index (χ1v) is 11.7. The standard InChI is InChI=1S/C24H33N7O2/c1-16(2)15-33-24(32)31-19-5-6-20(31)14-29(13-19)21-7-8-26-30-12-18(9-22(21)30)17-10-23(28(3)4)27-25-11-17/h7-12,16,19-20,25,27H,5-6,13-15H2,1-4H3. The molecule has 2 atom stereocenters. The maximum Gasteiger partial charge on any atom is 0.410 e. The molecule has 0 spiro atoms. The van der Waals surface area contributed by atoms with Crippen LogP contribution in [0.4, 0.5) is 10.5 Å². The Morgan fingerprint density at radius 1 is 1.27 bits per heavy atom. The number of allylic oxidation sites excluding steroid dienone is 2. The molecular formula is C24H33N7O2. The molecular weight excluding hydrogens is 418 g/mol. The number of piperazine rings is 1. The second-order valence-electron chi connectivity index (χ2n) is 9.74. The molecule has 2 aromatic heterocycles. The van der Waals surface area contributed by atoms with E-state index in [4.69, 9.17) is 4.74 Å². The molecule has 2 unspecified atom stereocenters. The molecule has 1 amide bonds. The van der Waals surface area contributed by atoms with Crippen LogP contribution in [0, 0.1) is 5.92 Å². The summed E-state index contributed by atoms with van der Waals surface area (Å²) in [6, 6.07) is 4.65. The Hall–Kier alpha value is -3.36. The summed E-state index contributed by atoms with van der Waals surface area (Å²) in [7, 11) is 4.01. The fourth-order valence-electron chi connectivity index (χ4n) is 4.96. The molecule has 33 heavy (non-hydrogen) atoms. The van der Waals surface area contributed by atoms with Crippen LogP contribution in [0.5, 0.6) is 0 Å². The summed E-state index contributed by atoms with van der Waals surface area (Å²) in [5.74, 6) is 1.34. The number of aromatic nitrogens is 2. The molecule has 0 saturated carbocycles. The summed E-state index contributed by atoms with van der Waals surface area (Å²) in [6.45, 7) is 6.22. The van der Waals surface area contributed by atoms with Gasteiger partial charge in [-0.1, -0.05) is 13.8 Å². The van der Waals surface area contributed by atoms with Crippen molar-refractivity contribution in [1.29, 1.82) is 0 Å². The lowest BCUT2D eigenvalue weighted by Gasteiger charge is -2.41. The SMILES string of the molecule is CC(C)COC(=O)N1C2CCC1CN(c1ccnn3cc(C4=CNNC(N(C)C)=C4)cc13)C2. The minimum absolute atomic E-state index is 0.158. The van der Waals surface area contributed by atoms with Crippen molar-refractivity contribution in [2.75, 3.05) is 38.7 Å². The zero-order chi connectivity index (χ0) is 23.1. The maximum absolute atomic E-state index is 12.7. The van der Waals surface area contributed by atoms with Gasteiger partial charge in [-0.15, -0.1) is 0 Å². The predicted molar refractivity (Wildman–Crippen MR) is 128 cm³/mol. The summed E-state index contributed by atoms with van der Waals surface area (Å²) in [4.78, 5) is 19.1. The molecule has 2 saturated heterocycles. The molecule has 3 aliphatic heterocycles. The Morgan fingerprint density at radius 2 is 2.03 bits per heavy atom. The number of rotatable bonds is 5. The Morgan fingerprint density at radius 3 is 2.73 bits per heavy atom. The third-order valence-corrected chi connectivity index (χ3v) is 6.60. The first-order valence-electron chi connectivity index (χ1n) is 11.7. The van der Waals surface area contributed by atoms with Gasteiger partial charge in [-0.3, -0.25) is 10.3 Å². The molecule has 9 nitrogen and oxygen atoms in total. The van der Waals surface area contributed by atoms with Crippen LogP contribution in [0.1, 0.15) is 32.3 Å². The second kappa shape index (κ2) is 8.53. The number of amides is 1. The highest BCUT2D eigenvalue weighted by atomic mass is 16.6. The predicted octanol–water partition coefficient (Wildman–Crippen LogP) is 2.63. The molecule has 2 bridgehead atoms. The van der Waals surface area contributed by atoms with Crippen LogP contribution < -0.4 is 15.8 Å². The lowest BCUT2D eigenvalue weighted by molar-refractivity contribution is 0.0704. The van der Waals surface area contributed by atoms with E-state index in [9.17, 15) is 4.79 Å². The van der Waals surface area contributed by atoms with E-state index < -0.39 is 0 Å². The molecule has 3 aliphatic rings. The fourth-order valence-corrected chi connectivity index (χ4v) is 4.96. The van der Waals surface area contributed by atoms with Crippen molar-refractivity contribution < 1.29 is 9.53 Å². The lowest BCUT2D eigenvalue weighted by atomic mass is 10.1. The fraction of sp³-hybridized carbons (Fsp3) is 0.500. The van der Waals surface area contributed by atoms with Gasteiger partial charge in [-0.2, -0.15) is 5.10 Å². The van der Waals surface area contributed by atoms with Gasteiger partial charge in [0, 0.05) is 56.9 Å². The molecule has 0 aromatic carbocycles. The highest BCUT2D eigenvalue weighted by Crippen LogP contribution is 2.35. The zero-order valence-corrected chi connectivity index (χ0v) is 19.8. The number of carbonyl (C=O) groups is 1. The van der Waals surface area contributed by atoms with E-state index in [0.717, 1.165) is 54.1 Å². The quantitative estimate of drug-likeness (QED) is 0.724. The molecule has 2 N–H and O–H groups in total. The van der Waals surface area contributed by atoms with Gasteiger partial charge in [-0.25, -0.2) is 9.31 Å². The third-order valence-electron chi connectivity index (χ3n) is 6.60. The molecule has 5 heterocycles. The van der Waals surface area contributed by atoms with Crippen LogP contribution in [0.3, 0.4) is 0 Å². The lowest BCUT2D eigenvalue weighted by Crippen LogP contribution is -2.56. The van der Waals surface area contributed by atoms with Crippen LogP contribution in [0.2, 0.25) is 0 Å². The van der Waals surface area contributed by atoms with Gasteiger partial charge in [0.1, 0.15) is 5.82 Å². The third kappa shape index (κ3) is 4.07. The van der Waals surface area contributed by atoms with Crippen molar-refractivity contribution in [3.05, 3.63) is 48.2 Å². The molecule has 0 aliphatic carbocycles. The number of nitrogens with zero attached hydrogens (tertiary/aromatic N) is 5. The molecule has 0 radical (unpaired) electrons. The smallest absolute Gasteiger partial charge is 0.410 e. The minimum atomic E-state index is -0.158. The van der Waals surface area contributed by atoms with Crippen LogP contribution in [-0.2, 0) is 4.74 Å². The Balaban J connectivity index is 1.38. The summed E-state index contributed by atoms with van der Waals surface area (Å²) in [5, 5.41) is 4.56. The summed E-state index contributed by atoms with van der Waals surface area (Å²) >= 11 is 0. The summed E-state index contributed by atoms with van der Waals surface area (Å²) < 4.78 is 7.51. The summed E-state index contributed by atoms with van der Waals surface area (Å²) in [5.41, 5.74) is 10.7. The van der Waals surface area contributed by atoms with E-state index in [1.54, 1.807) is 0 Å². The molecule has 176 valence electrons. The summed E-state index contributed by atoms with van der Waals surface area (Å²) in [6.07, 6.45) is 9.89. The first-order chi connectivity index (χ1) is 15.9. The molecule has 5 rings (SSSR count). The largest absolute Gasteiger partial charge is 0.449 e. The van der Waals surface area contributed by atoms with E-state index in [-0.39, 0.29) is 18.2 Å². The Labute approximate surface area is 194 Å². The average Bonchev–Trinajstić information content (AvgIpc) is 3.35. The van der Waals surface area contributed by atoms with E-state index in [2.05, 4.69) is 59.1 Å². The van der Waals surface area contributed by atoms with Gasteiger partial charge in [0.05, 0.1) is 29.9 Å². The van der Waals surface area contributed by atoms with Gasteiger partial charge < -0.3 is 20.0 Å². The van der Waals surface area contributed by atoms with E-state index in [0.29, 0.717) is 12.5 Å². The van der Waals surface area contributed by atoms with Gasteiger partial charge >= 0.3 is 6.09 Å². The van der Waals surface area contributed by atoms with E-state index in [1.165, 1.54) is 0 Å². The Kier molecular flexibility index (Phi) is 5.55. The maximum atomic E-state index is 12.7. The van der Waals surface area contributed by atoms with Crippen LogP contribution >= 0.6 is 0 Å². The topological polar surface area (TPSA) is 77.4 Å². The highest BCUT2D eigenvalue weighted by molar-refractivity contribution is 5.82. The van der Waals surface area contributed by atoms with Crippen molar-refractivity contribution in [1.82, 2.24) is 30.3 Å². The van der Waals surface area contributed by atoms with Crippen LogP contribution in [-0.4, -0.2) is 71.4 Å².